The van der Waals surface area contributed by atoms with Gasteiger partial charge in [0.25, 0.3) is 5.69 Å². The minimum atomic E-state index is -0.383. The highest BCUT2D eigenvalue weighted by molar-refractivity contribution is 5.57. The predicted octanol–water partition coefficient (Wildman–Crippen LogP) is 4.68. The molecular formula is C23H26N4O4. The van der Waals surface area contributed by atoms with Gasteiger partial charge in [-0.05, 0) is 49.6 Å². The molecule has 31 heavy (non-hydrogen) atoms. The van der Waals surface area contributed by atoms with Crippen LogP contribution in [0, 0.1) is 10.1 Å². The average Bonchev–Trinajstić information content (AvgIpc) is 3.44. The number of nitro benzene ring substituents is 1. The molecule has 0 spiro atoms. The summed E-state index contributed by atoms with van der Waals surface area (Å²) in [5.41, 5.74) is 5.54. The van der Waals surface area contributed by atoms with Gasteiger partial charge in [-0.25, -0.2) is 5.43 Å². The SMILES string of the molecule is CCOc1ccccc1N(Cc1ccco1)N(Cc1ccc([N+](=O)[O-])cc1)NC1CC1. The summed E-state index contributed by atoms with van der Waals surface area (Å²) in [4.78, 5) is 10.6. The third kappa shape index (κ3) is 5.42. The van der Waals surface area contributed by atoms with Gasteiger partial charge in [0.1, 0.15) is 11.5 Å². The van der Waals surface area contributed by atoms with Crippen LogP contribution in [-0.2, 0) is 13.1 Å². The summed E-state index contributed by atoms with van der Waals surface area (Å²) in [5.74, 6) is 1.60. The molecule has 0 radical (unpaired) electrons. The van der Waals surface area contributed by atoms with E-state index < -0.39 is 0 Å². The van der Waals surface area contributed by atoms with Crippen LogP contribution in [0.1, 0.15) is 31.1 Å². The van der Waals surface area contributed by atoms with Crippen LogP contribution in [0.15, 0.2) is 71.3 Å². The summed E-state index contributed by atoms with van der Waals surface area (Å²) < 4.78 is 11.5. The molecule has 8 nitrogen and oxygen atoms in total. The Kier molecular flexibility index (Phi) is 6.49. The summed E-state index contributed by atoms with van der Waals surface area (Å²) >= 11 is 0. The van der Waals surface area contributed by atoms with Gasteiger partial charge in [-0.15, -0.1) is 0 Å². The highest BCUT2D eigenvalue weighted by Gasteiger charge is 2.29. The van der Waals surface area contributed by atoms with Gasteiger partial charge in [0.05, 0.1) is 36.6 Å². The van der Waals surface area contributed by atoms with Crippen molar-refractivity contribution < 1.29 is 14.1 Å². The van der Waals surface area contributed by atoms with Crippen LogP contribution in [0.4, 0.5) is 11.4 Å². The Morgan fingerprint density at radius 1 is 1.10 bits per heavy atom. The van der Waals surface area contributed by atoms with Crippen molar-refractivity contribution in [2.24, 2.45) is 0 Å². The van der Waals surface area contributed by atoms with Crippen molar-refractivity contribution in [3.8, 4) is 5.75 Å². The van der Waals surface area contributed by atoms with Gasteiger partial charge in [-0.3, -0.25) is 15.1 Å². The number of rotatable bonds is 11. The lowest BCUT2D eigenvalue weighted by Crippen LogP contribution is -2.51. The number of hydrogen-bond acceptors (Lipinski definition) is 7. The first-order valence-corrected chi connectivity index (χ1v) is 10.4. The summed E-state index contributed by atoms with van der Waals surface area (Å²) in [7, 11) is 0. The molecule has 162 valence electrons. The maximum atomic E-state index is 11.0. The van der Waals surface area contributed by atoms with Crippen LogP contribution < -0.4 is 15.2 Å². The highest BCUT2D eigenvalue weighted by Crippen LogP contribution is 2.32. The van der Waals surface area contributed by atoms with E-state index in [9.17, 15) is 10.1 Å². The Morgan fingerprint density at radius 2 is 1.87 bits per heavy atom. The van der Waals surface area contributed by atoms with Crippen molar-refractivity contribution in [2.75, 3.05) is 11.6 Å². The number of nitrogens with one attached hydrogen (secondary N) is 1. The summed E-state index contributed by atoms with van der Waals surface area (Å²) in [6.45, 7) is 3.55. The number of nitro groups is 1. The predicted molar refractivity (Wildman–Crippen MR) is 117 cm³/mol. The molecule has 4 rings (SSSR count). The zero-order valence-electron chi connectivity index (χ0n) is 17.4. The molecule has 1 aliphatic rings. The number of non-ortho nitro benzene ring substituents is 1. The van der Waals surface area contributed by atoms with Gasteiger partial charge in [0.2, 0.25) is 0 Å². The number of ether oxygens (including phenoxy) is 1. The first-order valence-electron chi connectivity index (χ1n) is 10.4. The molecule has 0 amide bonds. The molecule has 1 fully saturated rings. The third-order valence-electron chi connectivity index (χ3n) is 5.01. The second-order valence-electron chi connectivity index (χ2n) is 7.42. The number of furan rings is 1. The smallest absolute Gasteiger partial charge is 0.269 e. The molecular weight excluding hydrogens is 396 g/mol. The van der Waals surface area contributed by atoms with Crippen LogP contribution in [0.2, 0.25) is 0 Å². The van der Waals surface area contributed by atoms with Crippen molar-refractivity contribution in [2.45, 2.75) is 38.9 Å². The first-order chi connectivity index (χ1) is 15.1. The Hall–Kier alpha value is -3.36. The summed E-state index contributed by atoms with van der Waals surface area (Å²) in [6.07, 6.45) is 3.88. The lowest BCUT2D eigenvalue weighted by Gasteiger charge is -2.37. The number of hydrazine groups is 2. The Bertz CT molecular complexity index is 987. The lowest BCUT2D eigenvalue weighted by molar-refractivity contribution is -0.384. The molecule has 0 atom stereocenters. The molecule has 2 aromatic carbocycles. The van der Waals surface area contributed by atoms with Crippen LogP contribution >= 0.6 is 0 Å². The molecule has 1 saturated carbocycles. The van der Waals surface area contributed by atoms with Crippen molar-refractivity contribution in [1.29, 1.82) is 0 Å². The van der Waals surface area contributed by atoms with E-state index in [0.717, 1.165) is 35.6 Å². The summed E-state index contributed by atoms with van der Waals surface area (Å²) in [6, 6.07) is 18.8. The van der Waals surface area contributed by atoms with Gasteiger partial charge in [-0.1, -0.05) is 24.3 Å². The van der Waals surface area contributed by atoms with Gasteiger partial charge < -0.3 is 9.15 Å². The molecule has 0 saturated heterocycles. The maximum absolute atomic E-state index is 11.0. The fraction of sp³-hybridized carbons (Fsp3) is 0.304. The Morgan fingerprint density at radius 3 is 2.52 bits per heavy atom. The van der Waals surface area contributed by atoms with E-state index in [0.29, 0.717) is 25.7 Å². The van der Waals surface area contributed by atoms with Crippen LogP contribution in [0.3, 0.4) is 0 Å². The van der Waals surface area contributed by atoms with Crippen molar-refractivity contribution in [3.63, 3.8) is 0 Å². The number of anilines is 1. The maximum Gasteiger partial charge on any atom is 0.269 e. The highest BCUT2D eigenvalue weighted by atomic mass is 16.6. The monoisotopic (exact) mass is 422 g/mol. The van der Waals surface area contributed by atoms with E-state index in [1.807, 2.05) is 43.3 Å². The minimum absolute atomic E-state index is 0.0829. The molecule has 1 aromatic heterocycles. The molecule has 3 aromatic rings. The summed E-state index contributed by atoms with van der Waals surface area (Å²) in [5, 5.41) is 15.2. The number of para-hydroxylation sites is 2. The van der Waals surface area contributed by atoms with Crippen molar-refractivity contribution >= 4 is 11.4 Å². The van der Waals surface area contributed by atoms with E-state index in [1.54, 1.807) is 18.4 Å². The van der Waals surface area contributed by atoms with Gasteiger partial charge in [0.15, 0.2) is 0 Å². The molecule has 1 aliphatic carbocycles. The number of nitrogens with zero attached hydrogens (tertiary/aromatic N) is 3. The molecule has 1 heterocycles. The van der Waals surface area contributed by atoms with Crippen LogP contribution in [0.25, 0.3) is 0 Å². The number of hydrogen-bond donors (Lipinski definition) is 1. The van der Waals surface area contributed by atoms with Crippen molar-refractivity contribution in [1.82, 2.24) is 10.5 Å². The fourth-order valence-electron chi connectivity index (χ4n) is 3.32. The molecule has 0 bridgehead atoms. The van der Waals surface area contributed by atoms with E-state index in [4.69, 9.17) is 9.15 Å². The van der Waals surface area contributed by atoms with E-state index in [1.165, 1.54) is 12.1 Å². The second-order valence-corrected chi connectivity index (χ2v) is 7.42. The van der Waals surface area contributed by atoms with Crippen molar-refractivity contribution in [3.05, 3.63) is 88.4 Å². The number of benzene rings is 2. The van der Waals surface area contributed by atoms with E-state index in [-0.39, 0.29) is 10.6 Å². The van der Waals surface area contributed by atoms with Gasteiger partial charge >= 0.3 is 0 Å². The lowest BCUT2D eigenvalue weighted by atomic mass is 10.2. The first kappa shape index (κ1) is 20.9. The minimum Gasteiger partial charge on any atom is -0.492 e. The largest absolute Gasteiger partial charge is 0.492 e. The van der Waals surface area contributed by atoms with Crippen LogP contribution in [-0.4, -0.2) is 22.7 Å². The standard InChI is InChI=1S/C23H26N4O4/c1-2-30-23-8-4-3-7-22(23)25(17-21-6-5-15-31-21)26(24-19-11-12-19)16-18-9-13-20(14-10-18)27(28)29/h3-10,13-15,19,24H,2,11-12,16-17H2,1H3. The third-order valence-corrected chi connectivity index (χ3v) is 5.01. The molecule has 1 N–H and O–H groups in total. The normalized spacial score (nSPS) is 13.4. The van der Waals surface area contributed by atoms with E-state index >= 15 is 0 Å². The zero-order valence-corrected chi connectivity index (χ0v) is 17.4. The van der Waals surface area contributed by atoms with Crippen LogP contribution in [0.5, 0.6) is 5.75 Å². The van der Waals surface area contributed by atoms with Gasteiger partial charge in [0, 0.05) is 18.2 Å². The Balaban J connectivity index is 1.67. The molecule has 0 unspecified atom stereocenters. The quantitative estimate of drug-likeness (QED) is 0.355. The fourth-order valence-corrected chi connectivity index (χ4v) is 3.32. The Labute approximate surface area is 181 Å². The second kappa shape index (κ2) is 9.63. The van der Waals surface area contributed by atoms with Gasteiger partial charge in [-0.2, -0.15) is 5.12 Å². The molecule has 8 heteroatoms. The molecule has 0 aliphatic heterocycles. The topological polar surface area (TPSA) is 84.0 Å². The van der Waals surface area contributed by atoms with E-state index in [2.05, 4.69) is 15.6 Å². The zero-order chi connectivity index (χ0) is 21.6. The average molecular weight is 422 g/mol.